The van der Waals surface area contributed by atoms with Crippen molar-refractivity contribution >= 4 is 23.2 Å². The zero-order chi connectivity index (χ0) is 17.0. The summed E-state index contributed by atoms with van der Waals surface area (Å²) in [5.74, 6) is 0.309. The first-order valence-corrected chi connectivity index (χ1v) is 9.53. The minimum atomic E-state index is 0.194. The van der Waals surface area contributed by atoms with Crippen LogP contribution in [0.15, 0.2) is 42.5 Å². The van der Waals surface area contributed by atoms with Gasteiger partial charge in [0.25, 0.3) is 0 Å². The molecule has 4 heteroatoms. The quantitative estimate of drug-likeness (QED) is 0.793. The molecule has 0 saturated carbocycles. The van der Waals surface area contributed by atoms with Crippen LogP contribution in [0.4, 0.5) is 5.69 Å². The van der Waals surface area contributed by atoms with E-state index in [2.05, 4.69) is 40.1 Å². The largest absolute Gasteiger partial charge is 0.364 e. The highest BCUT2D eigenvalue weighted by Gasteiger charge is 2.41. The van der Waals surface area contributed by atoms with Gasteiger partial charge in [0, 0.05) is 30.2 Å². The van der Waals surface area contributed by atoms with Gasteiger partial charge in [-0.25, -0.2) is 0 Å². The van der Waals surface area contributed by atoms with E-state index >= 15 is 0 Å². The number of rotatable bonds is 2. The third-order valence-electron chi connectivity index (χ3n) is 5.98. The van der Waals surface area contributed by atoms with Gasteiger partial charge in [-0.15, -0.1) is 0 Å². The van der Waals surface area contributed by atoms with Gasteiger partial charge < -0.3 is 9.80 Å². The van der Waals surface area contributed by atoms with Gasteiger partial charge in [-0.1, -0.05) is 41.9 Å². The summed E-state index contributed by atoms with van der Waals surface area (Å²) in [6.07, 6.45) is 3.73. The van der Waals surface area contributed by atoms with E-state index < -0.39 is 0 Å². The Kier molecular flexibility index (Phi) is 3.53. The number of benzene rings is 2. The van der Waals surface area contributed by atoms with E-state index in [0.717, 1.165) is 37.4 Å². The first kappa shape index (κ1) is 15.3. The van der Waals surface area contributed by atoms with Gasteiger partial charge >= 0.3 is 0 Å². The van der Waals surface area contributed by atoms with E-state index in [9.17, 15) is 4.79 Å². The maximum absolute atomic E-state index is 12.4. The van der Waals surface area contributed by atoms with Gasteiger partial charge in [-0.3, -0.25) is 4.79 Å². The van der Waals surface area contributed by atoms with Gasteiger partial charge in [0.05, 0.1) is 12.1 Å². The molecular weight excluding hydrogens is 332 g/mol. The number of amides is 1. The van der Waals surface area contributed by atoms with Crippen LogP contribution < -0.4 is 4.90 Å². The Morgan fingerprint density at radius 3 is 2.52 bits per heavy atom. The van der Waals surface area contributed by atoms with Crippen molar-refractivity contribution in [2.75, 3.05) is 18.0 Å². The molecule has 0 bridgehead atoms. The summed E-state index contributed by atoms with van der Waals surface area (Å²) in [7, 11) is 0. The summed E-state index contributed by atoms with van der Waals surface area (Å²) >= 11 is 6.10. The van der Waals surface area contributed by atoms with Crippen molar-refractivity contribution < 1.29 is 4.79 Å². The molecule has 2 aromatic rings. The van der Waals surface area contributed by atoms with Crippen molar-refractivity contribution in [3.63, 3.8) is 0 Å². The summed E-state index contributed by atoms with van der Waals surface area (Å²) in [5.41, 5.74) is 5.44. The minimum Gasteiger partial charge on any atom is -0.364 e. The molecule has 0 N–H and O–H groups in total. The van der Waals surface area contributed by atoms with Crippen LogP contribution in [0.5, 0.6) is 0 Å². The third kappa shape index (κ3) is 2.36. The van der Waals surface area contributed by atoms with Crippen LogP contribution in [0.1, 0.15) is 48.0 Å². The molecule has 3 heterocycles. The Hall–Kier alpha value is -2.00. The number of anilines is 1. The highest BCUT2D eigenvalue weighted by molar-refractivity contribution is 6.30. The van der Waals surface area contributed by atoms with Crippen LogP contribution in [0.25, 0.3) is 0 Å². The summed E-state index contributed by atoms with van der Waals surface area (Å²) in [5, 5.41) is 0.772. The monoisotopic (exact) mass is 352 g/mol. The van der Waals surface area contributed by atoms with E-state index in [4.69, 9.17) is 11.6 Å². The van der Waals surface area contributed by atoms with Gasteiger partial charge in [0.1, 0.15) is 0 Å². The average Bonchev–Trinajstić information content (AvgIpc) is 3.24. The SMILES string of the molecule is O=C1CCCN1C1CC(c2ccc(Cl)cc2)N2CCc3cccc1c32. The molecule has 3 nitrogen and oxygen atoms in total. The van der Waals surface area contributed by atoms with Gasteiger partial charge in [0.15, 0.2) is 0 Å². The normalized spacial score (nSPS) is 24.8. The molecule has 3 aliphatic rings. The first-order valence-electron chi connectivity index (χ1n) is 9.16. The molecule has 0 aliphatic carbocycles. The first-order chi connectivity index (χ1) is 12.2. The predicted octanol–water partition coefficient (Wildman–Crippen LogP) is 4.51. The molecule has 3 aliphatic heterocycles. The van der Waals surface area contributed by atoms with Crippen LogP contribution in [0, 0.1) is 0 Å². The second kappa shape index (κ2) is 5.77. The number of carbonyl (C=O) groups is 1. The van der Waals surface area contributed by atoms with E-state index in [1.165, 1.54) is 22.4 Å². The Balaban J connectivity index is 1.62. The number of hydrogen-bond donors (Lipinski definition) is 0. The lowest BCUT2D eigenvalue weighted by Gasteiger charge is -2.43. The second-order valence-corrected chi connectivity index (χ2v) is 7.74. The lowest BCUT2D eigenvalue weighted by atomic mass is 9.87. The number of nitrogens with zero attached hydrogens (tertiary/aromatic N) is 2. The summed E-state index contributed by atoms with van der Waals surface area (Å²) in [6, 6.07) is 15.4. The van der Waals surface area contributed by atoms with Gasteiger partial charge in [-0.05, 0) is 48.1 Å². The van der Waals surface area contributed by atoms with Crippen molar-refractivity contribution in [3.05, 3.63) is 64.2 Å². The lowest BCUT2D eigenvalue weighted by Crippen LogP contribution is -2.39. The number of halogens is 1. The zero-order valence-corrected chi connectivity index (χ0v) is 14.9. The Bertz CT molecular complexity index is 832. The van der Waals surface area contributed by atoms with Gasteiger partial charge in [0.2, 0.25) is 5.91 Å². The van der Waals surface area contributed by atoms with Crippen molar-refractivity contribution in [2.24, 2.45) is 0 Å². The Labute approximate surface area is 153 Å². The highest BCUT2D eigenvalue weighted by atomic mass is 35.5. The second-order valence-electron chi connectivity index (χ2n) is 7.31. The van der Waals surface area contributed by atoms with Crippen molar-refractivity contribution in [2.45, 2.75) is 37.8 Å². The van der Waals surface area contributed by atoms with Gasteiger partial charge in [-0.2, -0.15) is 0 Å². The van der Waals surface area contributed by atoms with Crippen LogP contribution in [0.2, 0.25) is 5.02 Å². The fourth-order valence-corrected chi connectivity index (χ4v) is 4.98. The van der Waals surface area contributed by atoms with Crippen LogP contribution >= 0.6 is 11.6 Å². The van der Waals surface area contributed by atoms with Crippen molar-refractivity contribution in [3.8, 4) is 0 Å². The number of carbonyl (C=O) groups excluding carboxylic acids is 1. The number of likely N-dealkylation sites (tertiary alicyclic amines) is 1. The molecule has 2 unspecified atom stereocenters. The molecule has 5 rings (SSSR count). The van der Waals surface area contributed by atoms with Crippen LogP contribution in [-0.2, 0) is 11.2 Å². The average molecular weight is 353 g/mol. The number of hydrogen-bond acceptors (Lipinski definition) is 2. The fourth-order valence-electron chi connectivity index (χ4n) is 4.86. The van der Waals surface area contributed by atoms with E-state index in [-0.39, 0.29) is 6.04 Å². The van der Waals surface area contributed by atoms with E-state index in [1.54, 1.807) is 0 Å². The summed E-state index contributed by atoms with van der Waals surface area (Å²) < 4.78 is 0. The molecule has 1 saturated heterocycles. The molecule has 2 atom stereocenters. The number of para-hydroxylation sites is 1. The Morgan fingerprint density at radius 1 is 0.920 bits per heavy atom. The molecule has 128 valence electrons. The molecule has 0 spiro atoms. The minimum absolute atomic E-state index is 0.194. The highest BCUT2D eigenvalue weighted by Crippen LogP contribution is 2.50. The Morgan fingerprint density at radius 2 is 1.76 bits per heavy atom. The molecule has 2 aromatic carbocycles. The summed E-state index contributed by atoms with van der Waals surface area (Å²) in [6.45, 7) is 1.95. The van der Waals surface area contributed by atoms with Crippen molar-refractivity contribution in [1.29, 1.82) is 0 Å². The lowest BCUT2D eigenvalue weighted by molar-refractivity contribution is -0.130. The molecule has 25 heavy (non-hydrogen) atoms. The smallest absolute Gasteiger partial charge is 0.223 e. The topological polar surface area (TPSA) is 23.6 Å². The van der Waals surface area contributed by atoms with Crippen molar-refractivity contribution in [1.82, 2.24) is 4.90 Å². The molecule has 0 aromatic heterocycles. The van der Waals surface area contributed by atoms with E-state index in [1.807, 2.05) is 12.1 Å². The van der Waals surface area contributed by atoms with E-state index in [0.29, 0.717) is 18.4 Å². The predicted molar refractivity (Wildman–Crippen MR) is 100.0 cm³/mol. The fraction of sp³-hybridized carbons (Fsp3) is 0.381. The molecule has 0 radical (unpaired) electrons. The summed E-state index contributed by atoms with van der Waals surface area (Å²) in [4.78, 5) is 17.1. The molecular formula is C21H21ClN2O. The molecule has 1 fully saturated rings. The maximum Gasteiger partial charge on any atom is 0.223 e. The third-order valence-corrected chi connectivity index (χ3v) is 6.23. The van der Waals surface area contributed by atoms with Crippen LogP contribution in [0.3, 0.4) is 0 Å². The van der Waals surface area contributed by atoms with Crippen LogP contribution in [-0.4, -0.2) is 23.9 Å². The maximum atomic E-state index is 12.4. The molecule has 1 amide bonds. The zero-order valence-electron chi connectivity index (χ0n) is 14.1. The standard InChI is InChI=1S/C21H21ClN2O/c22-16-8-6-14(7-9-16)18-13-19(23-11-2-5-20(23)25)17-4-1-3-15-10-12-24(18)21(15)17/h1,3-4,6-9,18-19H,2,5,10-13H2.